The smallest absolute Gasteiger partial charge is 0.272 e. The Morgan fingerprint density at radius 1 is 1.60 bits per heavy atom. The number of nitrogens with zero attached hydrogens (tertiary/aromatic N) is 1. The molecule has 10 heavy (non-hydrogen) atoms. The fourth-order valence-electron chi connectivity index (χ4n) is 0.730. The van der Waals surface area contributed by atoms with Crippen LogP contribution >= 0.6 is 22.7 Å². The number of fused-ring (bicyclic) bond motifs is 1. The molecule has 0 radical (unpaired) electrons. The van der Waals surface area contributed by atoms with Gasteiger partial charge < -0.3 is 10.8 Å². The van der Waals surface area contributed by atoms with Gasteiger partial charge in [0.05, 0.1) is 10.4 Å². The summed E-state index contributed by atoms with van der Waals surface area (Å²) in [6.45, 7) is 0. The Bertz CT molecular complexity index is 364. The van der Waals surface area contributed by atoms with Crippen molar-refractivity contribution >= 4 is 37.9 Å². The lowest BCUT2D eigenvalue weighted by atomic mass is 10.5. The summed E-state index contributed by atoms with van der Waals surface area (Å²) in [5.41, 5.74) is 6.27. The van der Waals surface area contributed by atoms with Crippen LogP contribution < -0.4 is 5.73 Å². The minimum Gasteiger partial charge on any atom is -0.486 e. The molecule has 0 aliphatic rings. The highest BCUT2D eigenvalue weighted by atomic mass is 32.1. The van der Waals surface area contributed by atoms with Crippen molar-refractivity contribution in [3.05, 3.63) is 5.38 Å². The third-order valence-electron chi connectivity index (χ3n) is 1.14. The molecule has 0 fully saturated rings. The third-order valence-corrected chi connectivity index (χ3v) is 3.07. The summed E-state index contributed by atoms with van der Waals surface area (Å²) in [7, 11) is 0. The first-order chi connectivity index (χ1) is 4.77. The summed E-state index contributed by atoms with van der Waals surface area (Å²) >= 11 is 2.66. The Labute approximate surface area is 64.7 Å². The quantitative estimate of drug-likeness (QED) is 0.635. The van der Waals surface area contributed by atoms with Crippen LogP contribution in [0.25, 0.3) is 9.53 Å². The molecule has 0 aromatic carbocycles. The van der Waals surface area contributed by atoms with E-state index in [2.05, 4.69) is 4.98 Å². The van der Waals surface area contributed by atoms with Crippen molar-refractivity contribution in [3.8, 4) is 5.19 Å². The van der Waals surface area contributed by atoms with Crippen LogP contribution in [0.4, 0.5) is 5.69 Å². The minimum atomic E-state index is 0.0913. The number of thiophene rings is 1. The second kappa shape index (κ2) is 1.83. The van der Waals surface area contributed by atoms with Crippen molar-refractivity contribution in [1.29, 1.82) is 0 Å². The number of aromatic hydroxyl groups is 1. The molecule has 0 unspecified atom stereocenters. The highest BCUT2D eigenvalue weighted by Crippen LogP contribution is 2.35. The number of hydrogen-bond donors (Lipinski definition) is 2. The summed E-state index contributed by atoms with van der Waals surface area (Å²) in [5, 5.41) is 10.8. The predicted molar refractivity (Wildman–Crippen MR) is 43.6 cm³/mol. The minimum absolute atomic E-state index is 0.0913. The molecule has 2 heterocycles. The van der Waals surface area contributed by atoms with Crippen molar-refractivity contribution in [2.45, 2.75) is 0 Å². The number of thiazole rings is 1. The van der Waals surface area contributed by atoms with Crippen LogP contribution in [0, 0.1) is 0 Å². The molecule has 0 aliphatic heterocycles. The molecular formula is C5H4N2OS2. The van der Waals surface area contributed by atoms with Gasteiger partial charge in [0.2, 0.25) is 0 Å². The van der Waals surface area contributed by atoms with E-state index in [-0.39, 0.29) is 5.19 Å². The van der Waals surface area contributed by atoms with E-state index in [0.29, 0.717) is 5.69 Å². The molecular weight excluding hydrogens is 168 g/mol. The summed E-state index contributed by atoms with van der Waals surface area (Å²) in [4.78, 5) is 4.67. The average molecular weight is 172 g/mol. The van der Waals surface area contributed by atoms with E-state index < -0.39 is 0 Å². The van der Waals surface area contributed by atoms with Gasteiger partial charge in [-0.2, -0.15) is 4.98 Å². The van der Waals surface area contributed by atoms with Gasteiger partial charge in [0, 0.05) is 5.38 Å². The number of nitrogen functional groups attached to an aromatic ring is 1. The molecule has 3 N–H and O–H groups in total. The third kappa shape index (κ3) is 0.676. The van der Waals surface area contributed by atoms with Gasteiger partial charge in [0.25, 0.3) is 5.19 Å². The predicted octanol–water partition coefficient (Wildman–Crippen LogP) is 1.65. The monoisotopic (exact) mass is 172 g/mol. The van der Waals surface area contributed by atoms with E-state index >= 15 is 0 Å². The SMILES string of the molecule is Nc1csc2nc(O)sc12. The Hall–Kier alpha value is -0.810. The van der Waals surface area contributed by atoms with Gasteiger partial charge in [0.1, 0.15) is 4.83 Å². The zero-order valence-corrected chi connectivity index (χ0v) is 6.50. The lowest BCUT2D eigenvalue weighted by Gasteiger charge is -1.77. The Morgan fingerprint density at radius 2 is 2.40 bits per heavy atom. The molecule has 0 amide bonds. The topological polar surface area (TPSA) is 59.1 Å². The fraction of sp³-hybridized carbons (Fsp3) is 0. The van der Waals surface area contributed by atoms with Crippen LogP contribution in [0.15, 0.2) is 5.38 Å². The average Bonchev–Trinajstić information content (AvgIpc) is 2.35. The lowest BCUT2D eigenvalue weighted by molar-refractivity contribution is 0.473. The number of hydrogen-bond acceptors (Lipinski definition) is 5. The van der Waals surface area contributed by atoms with Crippen molar-refractivity contribution in [2.75, 3.05) is 5.73 Å². The van der Waals surface area contributed by atoms with Gasteiger partial charge in [-0.1, -0.05) is 11.3 Å². The maximum Gasteiger partial charge on any atom is 0.272 e. The van der Waals surface area contributed by atoms with Crippen molar-refractivity contribution in [1.82, 2.24) is 4.98 Å². The summed E-state index contributed by atoms with van der Waals surface area (Å²) < 4.78 is 0.891. The highest BCUT2D eigenvalue weighted by molar-refractivity contribution is 7.28. The number of anilines is 1. The Balaban J connectivity index is 2.90. The molecule has 0 saturated carbocycles. The molecule has 0 atom stereocenters. The largest absolute Gasteiger partial charge is 0.486 e. The molecule has 0 saturated heterocycles. The van der Waals surface area contributed by atoms with E-state index in [1.54, 1.807) is 0 Å². The van der Waals surface area contributed by atoms with Gasteiger partial charge >= 0.3 is 0 Å². The number of nitrogens with two attached hydrogens (primary N) is 1. The van der Waals surface area contributed by atoms with Gasteiger partial charge in [-0.05, 0) is 0 Å². The maximum atomic E-state index is 8.93. The standard InChI is InChI=1S/C5H4N2OS2/c6-2-1-9-4-3(2)10-5(8)7-4/h1H,6H2,(H,7,8). The van der Waals surface area contributed by atoms with Gasteiger partial charge in [-0.15, -0.1) is 11.3 Å². The van der Waals surface area contributed by atoms with Crippen LogP contribution in [-0.4, -0.2) is 10.1 Å². The van der Waals surface area contributed by atoms with Crippen LogP contribution in [-0.2, 0) is 0 Å². The van der Waals surface area contributed by atoms with E-state index in [4.69, 9.17) is 10.8 Å². The summed E-state index contributed by atoms with van der Waals surface area (Å²) in [5.74, 6) is 0. The molecule has 0 aliphatic carbocycles. The molecule has 2 aromatic heterocycles. The first-order valence-corrected chi connectivity index (χ1v) is 4.29. The van der Waals surface area contributed by atoms with Crippen LogP contribution in [0.1, 0.15) is 0 Å². The number of rotatable bonds is 0. The van der Waals surface area contributed by atoms with Crippen molar-refractivity contribution in [3.63, 3.8) is 0 Å². The second-order valence-corrected chi connectivity index (χ2v) is 3.66. The number of aromatic nitrogens is 1. The Kier molecular flexibility index (Phi) is 1.09. The van der Waals surface area contributed by atoms with Crippen LogP contribution in [0.5, 0.6) is 5.19 Å². The van der Waals surface area contributed by atoms with E-state index in [1.165, 1.54) is 22.7 Å². The Morgan fingerprint density at radius 3 is 3.10 bits per heavy atom. The van der Waals surface area contributed by atoms with Crippen LogP contribution in [0.3, 0.4) is 0 Å². The lowest BCUT2D eigenvalue weighted by Crippen LogP contribution is -1.76. The maximum absolute atomic E-state index is 8.93. The first kappa shape index (κ1) is 5.94. The fourth-order valence-corrected chi connectivity index (χ4v) is 2.48. The normalized spacial score (nSPS) is 10.8. The molecule has 52 valence electrons. The molecule has 2 aromatic rings. The molecule has 0 bridgehead atoms. The van der Waals surface area contributed by atoms with Crippen molar-refractivity contribution in [2.24, 2.45) is 0 Å². The molecule has 3 nitrogen and oxygen atoms in total. The van der Waals surface area contributed by atoms with Crippen LogP contribution in [0.2, 0.25) is 0 Å². The van der Waals surface area contributed by atoms with Gasteiger partial charge in [-0.25, -0.2) is 0 Å². The van der Waals surface area contributed by atoms with E-state index in [1.807, 2.05) is 5.38 Å². The summed E-state index contributed by atoms with van der Waals surface area (Å²) in [6, 6.07) is 0. The van der Waals surface area contributed by atoms with Gasteiger partial charge in [-0.3, -0.25) is 0 Å². The van der Waals surface area contributed by atoms with E-state index in [9.17, 15) is 0 Å². The van der Waals surface area contributed by atoms with E-state index in [0.717, 1.165) is 9.53 Å². The second-order valence-electron chi connectivity index (χ2n) is 1.82. The molecule has 0 spiro atoms. The summed E-state index contributed by atoms with van der Waals surface area (Å²) in [6.07, 6.45) is 0. The molecule has 5 heteroatoms. The zero-order chi connectivity index (χ0) is 7.14. The van der Waals surface area contributed by atoms with Gasteiger partial charge in [0.15, 0.2) is 0 Å². The zero-order valence-electron chi connectivity index (χ0n) is 4.87. The van der Waals surface area contributed by atoms with Crippen molar-refractivity contribution < 1.29 is 5.11 Å². The highest BCUT2D eigenvalue weighted by Gasteiger charge is 2.06. The molecule has 2 rings (SSSR count). The first-order valence-electron chi connectivity index (χ1n) is 2.60.